The van der Waals surface area contributed by atoms with Crippen molar-refractivity contribution in [3.8, 4) is 0 Å². The minimum absolute atomic E-state index is 0.318. The fourth-order valence-corrected chi connectivity index (χ4v) is 2.26. The van der Waals surface area contributed by atoms with Gasteiger partial charge in [0.05, 0.1) is 24.3 Å². The van der Waals surface area contributed by atoms with Crippen molar-refractivity contribution in [3.63, 3.8) is 0 Å². The van der Waals surface area contributed by atoms with Crippen LogP contribution >= 0.6 is 0 Å². The molecule has 0 aromatic heterocycles. The van der Waals surface area contributed by atoms with E-state index in [1.807, 2.05) is 0 Å². The van der Waals surface area contributed by atoms with Crippen LogP contribution in [0.5, 0.6) is 0 Å². The molecule has 0 amide bonds. The van der Waals surface area contributed by atoms with E-state index in [-0.39, 0.29) is 0 Å². The summed E-state index contributed by atoms with van der Waals surface area (Å²) in [6, 6.07) is 16.6. The second kappa shape index (κ2) is 17.2. The molecule has 0 unspecified atom stereocenters. The van der Waals surface area contributed by atoms with Crippen LogP contribution in [0.15, 0.2) is 60.7 Å². The Hall–Kier alpha value is -2.70. The average molecular weight is 417 g/mol. The highest BCUT2D eigenvalue weighted by atomic mass is 17.2. The van der Waals surface area contributed by atoms with Gasteiger partial charge in [0.15, 0.2) is 0 Å². The Kier molecular flexibility index (Phi) is 14.5. The zero-order chi connectivity index (χ0) is 21.9. The maximum Gasteiger partial charge on any atom is 0.386 e. The number of hydrogen-bond acceptors (Lipinski definition) is 6. The van der Waals surface area contributed by atoms with E-state index in [4.69, 9.17) is 9.78 Å². The SMILES string of the molecule is CCCCCOOCCCCC.O=C(OOC(=O)c1ccccc1)c1ccccc1. The molecule has 0 heterocycles. The molecule has 6 nitrogen and oxygen atoms in total. The molecule has 2 aromatic carbocycles. The molecule has 0 aliphatic heterocycles. The summed E-state index contributed by atoms with van der Waals surface area (Å²) in [5, 5.41) is 0. The number of unbranched alkanes of at least 4 members (excludes halogenated alkanes) is 4. The quantitative estimate of drug-likeness (QED) is 0.257. The Morgan fingerprint density at radius 1 is 0.600 bits per heavy atom. The zero-order valence-corrected chi connectivity index (χ0v) is 17.9. The van der Waals surface area contributed by atoms with Gasteiger partial charge in [0, 0.05) is 0 Å². The lowest BCUT2D eigenvalue weighted by Gasteiger charge is -2.02. The van der Waals surface area contributed by atoms with Crippen LogP contribution in [0.4, 0.5) is 0 Å². The lowest BCUT2D eigenvalue weighted by molar-refractivity contribution is -0.295. The van der Waals surface area contributed by atoms with Gasteiger partial charge in [0.1, 0.15) is 0 Å². The summed E-state index contributed by atoms with van der Waals surface area (Å²) in [5.41, 5.74) is 0.636. The topological polar surface area (TPSA) is 71.1 Å². The summed E-state index contributed by atoms with van der Waals surface area (Å²) < 4.78 is 0. The minimum atomic E-state index is -0.708. The van der Waals surface area contributed by atoms with E-state index in [0.29, 0.717) is 11.1 Å². The highest BCUT2D eigenvalue weighted by Crippen LogP contribution is 2.05. The van der Waals surface area contributed by atoms with E-state index in [9.17, 15) is 9.59 Å². The molecule has 0 bridgehead atoms. The van der Waals surface area contributed by atoms with Crippen LogP contribution in [0.25, 0.3) is 0 Å². The summed E-state index contributed by atoms with van der Waals surface area (Å²) in [5.74, 6) is -1.42. The van der Waals surface area contributed by atoms with Crippen LogP contribution < -0.4 is 0 Å². The molecule has 0 radical (unpaired) electrons. The van der Waals surface area contributed by atoms with Crippen LogP contribution in [0.1, 0.15) is 73.1 Å². The van der Waals surface area contributed by atoms with Crippen LogP contribution in [0, 0.1) is 0 Å². The molecule has 164 valence electrons. The molecular weight excluding hydrogens is 384 g/mol. The molecule has 0 aliphatic carbocycles. The van der Waals surface area contributed by atoms with Crippen molar-refractivity contribution in [2.45, 2.75) is 52.4 Å². The molecule has 0 saturated heterocycles. The Morgan fingerprint density at radius 2 is 0.967 bits per heavy atom. The van der Waals surface area contributed by atoms with E-state index in [1.54, 1.807) is 60.7 Å². The number of hydrogen-bond donors (Lipinski definition) is 0. The van der Waals surface area contributed by atoms with E-state index in [1.165, 1.54) is 25.7 Å². The summed E-state index contributed by atoms with van der Waals surface area (Å²) in [6.45, 7) is 5.87. The van der Waals surface area contributed by atoms with Gasteiger partial charge in [-0.1, -0.05) is 75.9 Å². The third kappa shape index (κ3) is 12.0. The largest absolute Gasteiger partial charge is 0.386 e. The van der Waals surface area contributed by atoms with Crippen LogP contribution in [-0.2, 0) is 19.6 Å². The van der Waals surface area contributed by atoms with E-state index in [0.717, 1.165) is 26.1 Å². The van der Waals surface area contributed by atoms with Gasteiger partial charge in [-0.25, -0.2) is 29.1 Å². The maximum absolute atomic E-state index is 11.5. The highest BCUT2D eigenvalue weighted by molar-refractivity contribution is 5.92. The van der Waals surface area contributed by atoms with E-state index >= 15 is 0 Å². The van der Waals surface area contributed by atoms with E-state index < -0.39 is 11.9 Å². The van der Waals surface area contributed by atoms with Gasteiger partial charge in [-0.05, 0) is 37.1 Å². The predicted molar refractivity (Wildman–Crippen MR) is 115 cm³/mol. The standard InChI is InChI=1S/C14H10O4.C10H22O2/c15-13(11-7-3-1-4-8-11)17-18-14(16)12-9-5-2-6-10-12;1-3-5-7-9-11-12-10-8-6-4-2/h1-10H;3-10H2,1-2H3. The van der Waals surface area contributed by atoms with Gasteiger partial charge >= 0.3 is 11.9 Å². The van der Waals surface area contributed by atoms with Gasteiger partial charge in [-0.2, -0.15) is 0 Å². The molecule has 0 saturated carbocycles. The summed E-state index contributed by atoms with van der Waals surface area (Å²) in [4.78, 5) is 41.8. The van der Waals surface area contributed by atoms with Gasteiger partial charge in [-0.3, -0.25) is 0 Å². The number of rotatable bonds is 11. The third-order valence-electron chi connectivity index (χ3n) is 3.96. The number of benzene rings is 2. The predicted octanol–water partition coefficient (Wildman–Crippen LogP) is 5.93. The van der Waals surface area contributed by atoms with Gasteiger partial charge in [0.25, 0.3) is 0 Å². The zero-order valence-electron chi connectivity index (χ0n) is 17.9. The maximum atomic E-state index is 11.5. The summed E-state index contributed by atoms with van der Waals surface area (Å²) >= 11 is 0. The smallest absolute Gasteiger partial charge is 0.242 e. The molecule has 2 aromatic rings. The number of carbonyl (C=O) groups excluding carboxylic acids is 2. The Bertz CT molecular complexity index is 626. The van der Waals surface area contributed by atoms with Gasteiger partial charge in [0.2, 0.25) is 0 Å². The molecule has 30 heavy (non-hydrogen) atoms. The summed E-state index contributed by atoms with van der Waals surface area (Å²) in [6.07, 6.45) is 7.17. The monoisotopic (exact) mass is 416 g/mol. The first-order valence-corrected chi connectivity index (χ1v) is 10.5. The fraction of sp³-hybridized carbons (Fsp3) is 0.417. The average Bonchev–Trinajstić information content (AvgIpc) is 2.80. The van der Waals surface area contributed by atoms with Gasteiger partial charge in [-0.15, -0.1) is 0 Å². The fourth-order valence-electron chi connectivity index (χ4n) is 2.26. The van der Waals surface area contributed by atoms with Crippen molar-refractivity contribution in [2.24, 2.45) is 0 Å². The first kappa shape index (κ1) is 25.3. The molecular formula is C24H32O6. The first-order valence-electron chi connectivity index (χ1n) is 10.5. The third-order valence-corrected chi connectivity index (χ3v) is 3.96. The minimum Gasteiger partial charge on any atom is -0.242 e. The molecule has 0 aliphatic rings. The lowest BCUT2D eigenvalue weighted by Crippen LogP contribution is -2.11. The molecule has 2 rings (SSSR count). The van der Waals surface area contributed by atoms with Crippen LogP contribution in [-0.4, -0.2) is 25.2 Å². The Balaban J connectivity index is 0.000000329. The molecule has 6 heteroatoms. The van der Waals surface area contributed by atoms with E-state index in [2.05, 4.69) is 23.6 Å². The van der Waals surface area contributed by atoms with Crippen molar-refractivity contribution in [3.05, 3.63) is 71.8 Å². The molecule has 0 atom stereocenters. The lowest BCUT2D eigenvalue weighted by atomic mass is 10.2. The van der Waals surface area contributed by atoms with Crippen molar-refractivity contribution in [1.29, 1.82) is 0 Å². The molecule has 0 spiro atoms. The van der Waals surface area contributed by atoms with Crippen molar-refractivity contribution in [1.82, 2.24) is 0 Å². The van der Waals surface area contributed by atoms with Crippen LogP contribution in [0.3, 0.4) is 0 Å². The molecule has 0 fully saturated rings. The summed E-state index contributed by atoms with van der Waals surface area (Å²) in [7, 11) is 0. The van der Waals surface area contributed by atoms with Crippen LogP contribution in [0.2, 0.25) is 0 Å². The Morgan fingerprint density at radius 3 is 1.30 bits per heavy atom. The normalized spacial score (nSPS) is 9.93. The first-order chi connectivity index (χ1) is 14.7. The van der Waals surface area contributed by atoms with Crippen molar-refractivity contribution >= 4 is 11.9 Å². The van der Waals surface area contributed by atoms with Crippen molar-refractivity contribution in [2.75, 3.05) is 13.2 Å². The highest BCUT2D eigenvalue weighted by Gasteiger charge is 2.13. The van der Waals surface area contributed by atoms with Crippen molar-refractivity contribution < 1.29 is 29.1 Å². The van der Waals surface area contributed by atoms with Gasteiger partial charge < -0.3 is 0 Å². The second-order valence-corrected chi connectivity index (χ2v) is 6.53. The number of carbonyl (C=O) groups is 2. The molecule has 0 N–H and O–H groups in total. The second-order valence-electron chi connectivity index (χ2n) is 6.53. The Labute approximate surface area is 179 Å².